The van der Waals surface area contributed by atoms with Gasteiger partial charge in [0, 0.05) is 25.0 Å². The van der Waals surface area contributed by atoms with E-state index >= 15 is 0 Å². The molecule has 1 heterocycles. The minimum absolute atomic E-state index is 0.351. The predicted molar refractivity (Wildman–Crippen MR) is 50.0 cm³/mol. The molecule has 0 spiro atoms. The van der Waals surface area contributed by atoms with E-state index < -0.39 is 0 Å². The second-order valence-corrected chi connectivity index (χ2v) is 2.69. The van der Waals surface area contributed by atoms with E-state index in [-0.39, 0.29) is 0 Å². The van der Waals surface area contributed by atoms with Crippen molar-refractivity contribution < 1.29 is 0 Å². The first-order valence-corrected chi connectivity index (χ1v) is 4.10. The maximum absolute atomic E-state index is 4.07. The van der Waals surface area contributed by atoms with Crippen LogP contribution in [0.25, 0.3) is 0 Å². The second kappa shape index (κ2) is 4.85. The van der Waals surface area contributed by atoms with Crippen molar-refractivity contribution in [3.63, 3.8) is 0 Å². The van der Waals surface area contributed by atoms with Gasteiger partial charge in [-0.25, -0.2) is 0 Å². The summed E-state index contributed by atoms with van der Waals surface area (Å²) in [6.07, 6.45) is 3.67. The number of nitrogens with one attached hydrogen (secondary N) is 2. The fourth-order valence-corrected chi connectivity index (χ4v) is 1.17. The van der Waals surface area contributed by atoms with Crippen molar-refractivity contribution in [1.29, 1.82) is 0 Å². The zero-order chi connectivity index (χ0) is 8.81. The van der Waals surface area contributed by atoms with Gasteiger partial charge in [-0.1, -0.05) is 6.07 Å². The Labute approximate surface area is 73.2 Å². The summed E-state index contributed by atoms with van der Waals surface area (Å²) in [5.41, 5.74) is 1.22. The SMILES string of the molecule is CNCC(NC)c1cccnc1. The van der Waals surface area contributed by atoms with Crippen molar-refractivity contribution in [1.82, 2.24) is 15.6 Å². The lowest BCUT2D eigenvalue weighted by atomic mass is 10.1. The number of aromatic nitrogens is 1. The van der Waals surface area contributed by atoms with Crippen LogP contribution >= 0.6 is 0 Å². The smallest absolute Gasteiger partial charge is 0.0459 e. The van der Waals surface area contributed by atoms with Gasteiger partial charge in [-0.2, -0.15) is 0 Å². The minimum atomic E-state index is 0.351. The second-order valence-electron chi connectivity index (χ2n) is 2.69. The molecule has 0 radical (unpaired) electrons. The van der Waals surface area contributed by atoms with Crippen LogP contribution in [-0.2, 0) is 0 Å². The van der Waals surface area contributed by atoms with Gasteiger partial charge in [-0.3, -0.25) is 4.98 Å². The number of pyridine rings is 1. The molecule has 1 aromatic heterocycles. The summed E-state index contributed by atoms with van der Waals surface area (Å²) in [5, 5.41) is 6.34. The highest BCUT2D eigenvalue weighted by Gasteiger charge is 2.06. The van der Waals surface area contributed by atoms with Crippen molar-refractivity contribution in [3.05, 3.63) is 30.1 Å². The van der Waals surface area contributed by atoms with Crippen molar-refractivity contribution in [3.8, 4) is 0 Å². The summed E-state index contributed by atoms with van der Waals surface area (Å²) in [4.78, 5) is 4.07. The molecule has 3 heteroatoms. The topological polar surface area (TPSA) is 37.0 Å². The molecule has 66 valence electrons. The highest BCUT2D eigenvalue weighted by Crippen LogP contribution is 2.08. The molecule has 0 aliphatic rings. The summed E-state index contributed by atoms with van der Waals surface area (Å²) in [6.45, 7) is 0.919. The molecule has 0 aliphatic carbocycles. The Morgan fingerprint density at radius 2 is 2.33 bits per heavy atom. The van der Waals surface area contributed by atoms with Gasteiger partial charge >= 0.3 is 0 Å². The van der Waals surface area contributed by atoms with Crippen LogP contribution in [0.1, 0.15) is 11.6 Å². The molecule has 0 bridgehead atoms. The number of hydrogen-bond acceptors (Lipinski definition) is 3. The van der Waals surface area contributed by atoms with Gasteiger partial charge in [0.25, 0.3) is 0 Å². The average molecular weight is 165 g/mol. The lowest BCUT2D eigenvalue weighted by molar-refractivity contribution is 0.557. The van der Waals surface area contributed by atoms with Gasteiger partial charge in [0.15, 0.2) is 0 Å². The monoisotopic (exact) mass is 165 g/mol. The number of rotatable bonds is 4. The molecule has 1 rings (SSSR count). The molecule has 1 aromatic rings. The standard InChI is InChI=1S/C9H15N3/c1-10-7-9(11-2)8-4-3-5-12-6-8/h3-6,9-11H,7H2,1-2H3. The molecule has 12 heavy (non-hydrogen) atoms. The van der Waals surface area contributed by atoms with Gasteiger partial charge in [-0.05, 0) is 25.7 Å². The van der Waals surface area contributed by atoms with Crippen LogP contribution in [-0.4, -0.2) is 25.6 Å². The van der Waals surface area contributed by atoms with Crippen molar-refractivity contribution in [2.75, 3.05) is 20.6 Å². The largest absolute Gasteiger partial charge is 0.318 e. The summed E-state index contributed by atoms with van der Waals surface area (Å²) in [6, 6.07) is 4.38. The first kappa shape index (κ1) is 9.16. The Bertz CT molecular complexity index is 210. The highest BCUT2D eigenvalue weighted by molar-refractivity contribution is 5.13. The Morgan fingerprint density at radius 1 is 1.50 bits per heavy atom. The van der Waals surface area contributed by atoms with Gasteiger partial charge in [0.2, 0.25) is 0 Å². The Kier molecular flexibility index (Phi) is 3.70. The number of hydrogen-bond donors (Lipinski definition) is 2. The van der Waals surface area contributed by atoms with E-state index in [1.54, 1.807) is 6.20 Å². The third kappa shape index (κ3) is 2.29. The number of likely N-dealkylation sites (N-methyl/N-ethyl adjacent to an activating group) is 2. The fourth-order valence-electron chi connectivity index (χ4n) is 1.17. The van der Waals surface area contributed by atoms with Crippen molar-refractivity contribution in [2.24, 2.45) is 0 Å². The van der Waals surface area contributed by atoms with Crippen LogP contribution in [0.4, 0.5) is 0 Å². The molecule has 0 saturated heterocycles. The van der Waals surface area contributed by atoms with E-state index in [9.17, 15) is 0 Å². The van der Waals surface area contributed by atoms with Crippen molar-refractivity contribution in [2.45, 2.75) is 6.04 Å². The van der Waals surface area contributed by atoms with Crippen LogP contribution in [0, 0.1) is 0 Å². The predicted octanol–water partition coefficient (Wildman–Crippen LogP) is 0.561. The fraction of sp³-hybridized carbons (Fsp3) is 0.444. The third-order valence-electron chi connectivity index (χ3n) is 1.84. The van der Waals surface area contributed by atoms with Crippen LogP contribution in [0.2, 0.25) is 0 Å². The summed E-state index contributed by atoms with van der Waals surface area (Å²) in [5.74, 6) is 0. The van der Waals surface area contributed by atoms with Gasteiger partial charge < -0.3 is 10.6 Å². The molecule has 3 nitrogen and oxygen atoms in total. The number of nitrogens with zero attached hydrogens (tertiary/aromatic N) is 1. The van der Waals surface area contributed by atoms with E-state index in [0.29, 0.717) is 6.04 Å². The van der Waals surface area contributed by atoms with E-state index in [1.165, 1.54) is 5.56 Å². The van der Waals surface area contributed by atoms with Crippen LogP contribution in [0.3, 0.4) is 0 Å². The molecule has 0 fully saturated rings. The molecule has 1 atom stereocenters. The normalized spacial score (nSPS) is 12.8. The third-order valence-corrected chi connectivity index (χ3v) is 1.84. The summed E-state index contributed by atoms with van der Waals surface area (Å²) < 4.78 is 0. The highest BCUT2D eigenvalue weighted by atomic mass is 14.9. The van der Waals surface area contributed by atoms with E-state index in [4.69, 9.17) is 0 Å². The van der Waals surface area contributed by atoms with Gasteiger partial charge in [0.05, 0.1) is 0 Å². The first-order chi connectivity index (χ1) is 5.88. The molecule has 0 aliphatic heterocycles. The zero-order valence-corrected chi connectivity index (χ0v) is 7.54. The molecule has 0 saturated carbocycles. The minimum Gasteiger partial charge on any atom is -0.318 e. The molecular formula is C9H15N3. The average Bonchev–Trinajstić information content (AvgIpc) is 2.15. The van der Waals surface area contributed by atoms with Crippen LogP contribution in [0.5, 0.6) is 0 Å². The van der Waals surface area contributed by atoms with Crippen LogP contribution < -0.4 is 10.6 Å². The van der Waals surface area contributed by atoms with Crippen LogP contribution in [0.15, 0.2) is 24.5 Å². The summed E-state index contributed by atoms with van der Waals surface area (Å²) >= 11 is 0. The quantitative estimate of drug-likeness (QED) is 0.684. The van der Waals surface area contributed by atoms with Gasteiger partial charge in [-0.15, -0.1) is 0 Å². The van der Waals surface area contributed by atoms with Crippen molar-refractivity contribution >= 4 is 0 Å². The summed E-state index contributed by atoms with van der Waals surface area (Å²) in [7, 11) is 3.90. The maximum atomic E-state index is 4.07. The van der Waals surface area contributed by atoms with E-state index in [2.05, 4.69) is 21.7 Å². The van der Waals surface area contributed by atoms with E-state index in [1.807, 2.05) is 26.4 Å². The Balaban J connectivity index is 2.66. The van der Waals surface area contributed by atoms with Gasteiger partial charge in [0.1, 0.15) is 0 Å². The molecule has 0 amide bonds. The Morgan fingerprint density at radius 3 is 2.83 bits per heavy atom. The maximum Gasteiger partial charge on any atom is 0.0459 e. The van der Waals surface area contributed by atoms with E-state index in [0.717, 1.165) is 6.54 Å². The zero-order valence-electron chi connectivity index (χ0n) is 7.54. The molecule has 0 aromatic carbocycles. The lowest BCUT2D eigenvalue weighted by Crippen LogP contribution is -2.27. The lowest BCUT2D eigenvalue weighted by Gasteiger charge is -2.14. The molecular weight excluding hydrogens is 150 g/mol. The first-order valence-electron chi connectivity index (χ1n) is 4.10. The molecule has 1 unspecified atom stereocenters. The Hall–Kier alpha value is -0.930. The molecule has 2 N–H and O–H groups in total.